The van der Waals surface area contributed by atoms with Gasteiger partial charge >= 0.3 is 17.8 Å². The zero-order valence-corrected chi connectivity index (χ0v) is 13.6. The van der Waals surface area contributed by atoms with Crippen LogP contribution in [-0.2, 0) is 9.59 Å². The first-order valence-corrected chi connectivity index (χ1v) is 7.46. The first-order chi connectivity index (χ1) is 10.9. The number of imide groups is 2. The summed E-state index contributed by atoms with van der Waals surface area (Å²) < 4.78 is 0. The van der Waals surface area contributed by atoms with Gasteiger partial charge in [0.15, 0.2) is 0 Å². The molecule has 0 spiro atoms. The lowest BCUT2D eigenvalue weighted by molar-refractivity contribution is -0.133. The van der Waals surface area contributed by atoms with E-state index in [-0.39, 0.29) is 21.4 Å². The Hall–Kier alpha value is -2.08. The summed E-state index contributed by atoms with van der Waals surface area (Å²) in [6, 6.07) is 9.41. The van der Waals surface area contributed by atoms with Crippen LogP contribution in [0.3, 0.4) is 0 Å². The number of amides is 4. The molecule has 0 atom stereocenters. The van der Waals surface area contributed by atoms with E-state index in [0.29, 0.717) is 5.02 Å². The van der Waals surface area contributed by atoms with Gasteiger partial charge in [-0.2, -0.15) is 0 Å². The molecule has 0 N–H and O–H groups in total. The first-order valence-electron chi connectivity index (χ1n) is 6.33. The van der Waals surface area contributed by atoms with Gasteiger partial charge in [-0.25, -0.2) is 14.6 Å². The lowest BCUT2D eigenvalue weighted by atomic mass is 10.3. The lowest BCUT2D eigenvalue weighted by Gasteiger charge is -2.16. The van der Waals surface area contributed by atoms with Crippen molar-refractivity contribution in [2.45, 2.75) is 0 Å². The van der Waals surface area contributed by atoms with E-state index in [4.69, 9.17) is 34.8 Å². The maximum atomic E-state index is 12.5. The van der Waals surface area contributed by atoms with E-state index < -0.39 is 17.8 Å². The molecule has 1 aliphatic heterocycles. The number of carbonyl (C=O) groups is 3. The van der Waals surface area contributed by atoms with Gasteiger partial charge in [-0.15, -0.1) is 0 Å². The highest BCUT2D eigenvalue weighted by Crippen LogP contribution is 2.31. The summed E-state index contributed by atoms with van der Waals surface area (Å²) in [4.78, 5) is 38.4. The number of carbonyl (C=O) groups excluding carboxylic acids is 3. The Bertz CT molecular complexity index is 836. The Kier molecular flexibility index (Phi) is 4.02. The SMILES string of the molecule is O=C1C(=O)N(c2ccc(Cl)c(Cl)c2)C(=O)N1c1ccc(Cl)cc1. The second-order valence-corrected chi connectivity index (χ2v) is 5.89. The van der Waals surface area contributed by atoms with Crippen molar-refractivity contribution in [2.24, 2.45) is 0 Å². The molecular weight excluding hydrogens is 363 g/mol. The molecule has 23 heavy (non-hydrogen) atoms. The van der Waals surface area contributed by atoms with Crippen molar-refractivity contribution in [3.8, 4) is 0 Å². The number of hydrogen-bond acceptors (Lipinski definition) is 3. The van der Waals surface area contributed by atoms with Crippen molar-refractivity contribution < 1.29 is 14.4 Å². The molecule has 4 amide bonds. The number of urea groups is 1. The fourth-order valence-corrected chi connectivity index (χ4v) is 2.55. The highest BCUT2D eigenvalue weighted by atomic mass is 35.5. The third kappa shape index (κ3) is 2.67. The predicted molar refractivity (Wildman–Crippen MR) is 88.3 cm³/mol. The highest BCUT2D eigenvalue weighted by molar-refractivity contribution is 6.60. The third-order valence-corrected chi connectivity index (χ3v) is 4.21. The molecule has 0 bridgehead atoms. The standard InChI is InChI=1S/C15H7Cl3N2O3/c16-8-1-3-9(4-2-8)19-13(21)14(22)20(15(19)23)10-5-6-11(17)12(18)7-10/h1-7H. The van der Waals surface area contributed by atoms with E-state index in [2.05, 4.69) is 0 Å². The maximum Gasteiger partial charge on any atom is 0.343 e. The molecule has 116 valence electrons. The van der Waals surface area contributed by atoms with Crippen molar-refractivity contribution in [1.29, 1.82) is 0 Å². The van der Waals surface area contributed by atoms with Crippen molar-refractivity contribution in [3.63, 3.8) is 0 Å². The van der Waals surface area contributed by atoms with Crippen LogP contribution >= 0.6 is 34.8 Å². The van der Waals surface area contributed by atoms with Gasteiger partial charge in [-0.3, -0.25) is 9.59 Å². The van der Waals surface area contributed by atoms with E-state index >= 15 is 0 Å². The summed E-state index contributed by atoms with van der Waals surface area (Å²) >= 11 is 17.5. The minimum atomic E-state index is -0.969. The van der Waals surface area contributed by atoms with Crippen LogP contribution in [-0.4, -0.2) is 17.8 Å². The summed E-state index contributed by atoms with van der Waals surface area (Å²) in [7, 11) is 0. The van der Waals surface area contributed by atoms with Crippen molar-refractivity contribution in [1.82, 2.24) is 0 Å². The topological polar surface area (TPSA) is 57.7 Å². The number of nitrogens with zero attached hydrogens (tertiary/aromatic N) is 2. The normalized spacial score (nSPS) is 14.8. The smallest absolute Gasteiger partial charge is 0.262 e. The molecule has 0 unspecified atom stereocenters. The van der Waals surface area contributed by atoms with E-state index in [0.717, 1.165) is 9.80 Å². The van der Waals surface area contributed by atoms with E-state index in [9.17, 15) is 14.4 Å². The van der Waals surface area contributed by atoms with Crippen LogP contribution in [0.2, 0.25) is 15.1 Å². The average molecular weight is 370 g/mol. The zero-order chi connectivity index (χ0) is 16.7. The molecule has 0 aromatic heterocycles. The molecule has 2 aromatic carbocycles. The van der Waals surface area contributed by atoms with Crippen LogP contribution in [0.15, 0.2) is 42.5 Å². The van der Waals surface area contributed by atoms with Gasteiger partial charge in [0, 0.05) is 5.02 Å². The molecule has 8 heteroatoms. The largest absolute Gasteiger partial charge is 0.343 e. The van der Waals surface area contributed by atoms with Gasteiger partial charge in [0.25, 0.3) is 0 Å². The molecule has 1 aliphatic rings. The summed E-state index contributed by atoms with van der Waals surface area (Å²) in [5, 5.41) is 0.887. The van der Waals surface area contributed by atoms with E-state index in [1.54, 1.807) is 0 Å². The monoisotopic (exact) mass is 368 g/mol. The number of anilines is 2. The van der Waals surface area contributed by atoms with Gasteiger partial charge in [0.1, 0.15) is 0 Å². The van der Waals surface area contributed by atoms with Gasteiger partial charge < -0.3 is 0 Å². The first kappa shape index (κ1) is 15.8. The van der Waals surface area contributed by atoms with Gasteiger partial charge in [-0.1, -0.05) is 34.8 Å². The molecule has 1 saturated heterocycles. The van der Waals surface area contributed by atoms with Crippen LogP contribution < -0.4 is 9.80 Å². The Balaban J connectivity index is 2.02. The van der Waals surface area contributed by atoms with Gasteiger partial charge in [0.2, 0.25) is 0 Å². The second kappa shape index (κ2) is 5.85. The molecule has 0 radical (unpaired) electrons. The lowest BCUT2D eigenvalue weighted by Crippen LogP contribution is -2.33. The minimum Gasteiger partial charge on any atom is -0.262 e. The van der Waals surface area contributed by atoms with E-state index in [1.807, 2.05) is 0 Å². The van der Waals surface area contributed by atoms with Crippen LogP contribution in [0.25, 0.3) is 0 Å². The maximum absolute atomic E-state index is 12.5. The Morgan fingerprint density at radius 1 is 0.652 bits per heavy atom. The van der Waals surface area contributed by atoms with Crippen LogP contribution in [0.5, 0.6) is 0 Å². The van der Waals surface area contributed by atoms with Crippen LogP contribution in [0.1, 0.15) is 0 Å². The number of halogens is 3. The summed E-state index contributed by atoms with van der Waals surface area (Å²) in [5.74, 6) is -1.92. The summed E-state index contributed by atoms with van der Waals surface area (Å²) in [5.41, 5.74) is 0.416. The molecular formula is C15H7Cl3N2O3. The number of hydrogen-bond donors (Lipinski definition) is 0. The van der Waals surface area contributed by atoms with E-state index in [1.165, 1.54) is 42.5 Å². The predicted octanol–water partition coefficient (Wildman–Crippen LogP) is 4.15. The summed E-state index contributed by atoms with van der Waals surface area (Å²) in [6.45, 7) is 0. The molecule has 1 fully saturated rings. The molecule has 2 aromatic rings. The fraction of sp³-hybridized carbons (Fsp3) is 0. The molecule has 5 nitrogen and oxygen atoms in total. The minimum absolute atomic E-state index is 0.166. The molecule has 1 heterocycles. The third-order valence-electron chi connectivity index (χ3n) is 3.22. The fourth-order valence-electron chi connectivity index (χ4n) is 2.13. The Labute approximate surface area is 145 Å². The quantitative estimate of drug-likeness (QED) is 0.590. The number of benzene rings is 2. The van der Waals surface area contributed by atoms with Crippen LogP contribution in [0, 0.1) is 0 Å². The molecule has 3 rings (SSSR count). The van der Waals surface area contributed by atoms with Gasteiger partial charge in [0.05, 0.1) is 21.4 Å². The average Bonchev–Trinajstić information content (AvgIpc) is 2.74. The van der Waals surface area contributed by atoms with Gasteiger partial charge in [-0.05, 0) is 42.5 Å². The van der Waals surface area contributed by atoms with Crippen molar-refractivity contribution >= 4 is 64.0 Å². The number of rotatable bonds is 2. The molecule has 0 aliphatic carbocycles. The second-order valence-electron chi connectivity index (χ2n) is 4.64. The summed E-state index contributed by atoms with van der Waals surface area (Å²) in [6.07, 6.45) is 0. The highest BCUT2D eigenvalue weighted by Gasteiger charge is 2.46. The zero-order valence-electron chi connectivity index (χ0n) is 11.3. The van der Waals surface area contributed by atoms with Crippen molar-refractivity contribution in [2.75, 3.05) is 9.80 Å². The Morgan fingerprint density at radius 3 is 1.74 bits per heavy atom. The van der Waals surface area contributed by atoms with Crippen molar-refractivity contribution in [3.05, 3.63) is 57.5 Å². The Morgan fingerprint density at radius 2 is 1.17 bits per heavy atom. The molecule has 0 saturated carbocycles. The van der Waals surface area contributed by atoms with Crippen LogP contribution in [0.4, 0.5) is 16.2 Å².